The Balaban J connectivity index is 2.72. The lowest BCUT2D eigenvalue weighted by Crippen LogP contribution is -2.52. The Morgan fingerprint density at radius 2 is 2.10 bits per heavy atom. The van der Waals surface area contributed by atoms with Gasteiger partial charge in [-0.15, -0.1) is 0 Å². The van der Waals surface area contributed by atoms with Gasteiger partial charge in [-0.05, 0) is 26.2 Å². The first-order valence-corrected chi connectivity index (χ1v) is 8.30. The van der Waals surface area contributed by atoms with Crippen molar-refractivity contribution in [3.05, 3.63) is 0 Å². The number of carboxylic acids is 1. The second-order valence-electron chi connectivity index (χ2n) is 5.08. The van der Waals surface area contributed by atoms with Crippen molar-refractivity contribution >= 4 is 22.1 Å². The van der Waals surface area contributed by atoms with Crippen molar-refractivity contribution in [1.29, 1.82) is 0 Å². The van der Waals surface area contributed by atoms with Crippen LogP contribution in [0.5, 0.6) is 0 Å². The third-order valence-electron chi connectivity index (χ3n) is 3.50. The van der Waals surface area contributed by atoms with Gasteiger partial charge in [-0.25, -0.2) is 0 Å². The number of hydrogen-bond donors (Lipinski definition) is 2. The number of piperidine rings is 1. The molecule has 1 saturated heterocycles. The fraction of sp³-hybridized carbons (Fsp3) is 0.833. The van der Waals surface area contributed by atoms with Crippen molar-refractivity contribution in [2.45, 2.75) is 51.1 Å². The van der Waals surface area contributed by atoms with E-state index in [1.54, 1.807) is 6.92 Å². The molecule has 1 aliphatic heterocycles. The predicted molar refractivity (Wildman–Crippen MR) is 74.7 cm³/mol. The number of carboxylic acid groups (broad SMARTS) is 1. The summed E-state index contributed by atoms with van der Waals surface area (Å²) in [6.45, 7) is 2.17. The highest BCUT2D eigenvalue weighted by Gasteiger charge is 2.33. The number of ether oxygens (including phenoxy) is 1. The minimum Gasteiger partial charge on any atom is -0.480 e. The Bertz CT molecular complexity index is 478. The Labute approximate surface area is 124 Å². The van der Waals surface area contributed by atoms with Crippen molar-refractivity contribution in [3.8, 4) is 0 Å². The van der Waals surface area contributed by atoms with Crippen LogP contribution in [-0.4, -0.2) is 55.5 Å². The van der Waals surface area contributed by atoms with Crippen LogP contribution in [0.25, 0.3) is 0 Å². The number of carbonyl (C=O) groups excluding carboxylic acids is 1. The molecule has 1 aliphatic rings. The van der Waals surface area contributed by atoms with Crippen LogP contribution in [0.4, 0.5) is 0 Å². The largest absolute Gasteiger partial charge is 0.480 e. The van der Waals surface area contributed by atoms with Gasteiger partial charge in [0.15, 0.2) is 0 Å². The summed E-state index contributed by atoms with van der Waals surface area (Å²) < 4.78 is 32.4. The van der Waals surface area contributed by atoms with Gasteiger partial charge in [0.05, 0.1) is 7.11 Å². The van der Waals surface area contributed by atoms with Crippen LogP contribution in [0.3, 0.4) is 0 Å². The van der Waals surface area contributed by atoms with Crippen LogP contribution < -0.4 is 4.72 Å². The van der Waals surface area contributed by atoms with Gasteiger partial charge >= 0.3 is 11.9 Å². The van der Waals surface area contributed by atoms with Crippen LogP contribution in [-0.2, 0) is 24.5 Å². The van der Waals surface area contributed by atoms with E-state index in [1.807, 2.05) is 0 Å². The van der Waals surface area contributed by atoms with Gasteiger partial charge < -0.3 is 9.84 Å². The highest BCUT2D eigenvalue weighted by Crippen LogP contribution is 2.19. The Hall–Kier alpha value is -1.19. The summed E-state index contributed by atoms with van der Waals surface area (Å²) in [5.41, 5.74) is 0. The Kier molecular flexibility index (Phi) is 6.56. The molecule has 1 unspecified atom stereocenters. The first-order chi connectivity index (χ1) is 9.77. The Morgan fingerprint density at radius 1 is 1.43 bits per heavy atom. The molecule has 1 heterocycles. The monoisotopic (exact) mass is 322 g/mol. The van der Waals surface area contributed by atoms with Crippen LogP contribution >= 0.6 is 0 Å². The first-order valence-electron chi connectivity index (χ1n) is 6.86. The highest BCUT2D eigenvalue weighted by molar-refractivity contribution is 7.87. The van der Waals surface area contributed by atoms with Crippen LogP contribution in [0.15, 0.2) is 0 Å². The molecule has 2 atom stereocenters. The molecule has 9 heteroatoms. The highest BCUT2D eigenvalue weighted by atomic mass is 32.2. The normalized spacial score (nSPS) is 21.7. The maximum atomic E-state index is 12.3. The van der Waals surface area contributed by atoms with Crippen molar-refractivity contribution < 1.29 is 27.9 Å². The zero-order valence-corrected chi connectivity index (χ0v) is 13.1. The van der Waals surface area contributed by atoms with Gasteiger partial charge in [-0.3, -0.25) is 9.59 Å². The third kappa shape index (κ3) is 5.25. The molecule has 8 nitrogen and oxygen atoms in total. The molecule has 0 spiro atoms. The number of nitrogens with one attached hydrogen (secondary N) is 1. The average molecular weight is 322 g/mol. The van der Waals surface area contributed by atoms with Gasteiger partial charge in [0.1, 0.15) is 6.04 Å². The molecule has 21 heavy (non-hydrogen) atoms. The van der Waals surface area contributed by atoms with Crippen molar-refractivity contribution in [2.75, 3.05) is 13.7 Å². The lowest BCUT2D eigenvalue weighted by atomic mass is 10.1. The van der Waals surface area contributed by atoms with E-state index in [0.29, 0.717) is 6.54 Å². The molecule has 0 aliphatic carbocycles. The van der Waals surface area contributed by atoms with Crippen molar-refractivity contribution in [3.63, 3.8) is 0 Å². The first kappa shape index (κ1) is 17.9. The van der Waals surface area contributed by atoms with E-state index in [9.17, 15) is 18.0 Å². The molecule has 1 fully saturated rings. The van der Waals surface area contributed by atoms with Crippen LogP contribution in [0.1, 0.15) is 39.0 Å². The van der Waals surface area contributed by atoms with Crippen LogP contribution in [0, 0.1) is 0 Å². The summed E-state index contributed by atoms with van der Waals surface area (Å²) in [6, 6.07) is -1.51. The minimum absolute atomic E-state index is 0.149. The Morgan fingerprint density at radius 3 is 2.62 bits per heavy atom. The molecule has 0 aromatic heterocycles. The van der Waals surface area contributed by atoms with Crippen molar-refractivity contribution in [2.24, 2.45) is 0 Å². The quantitative estimate of drug-likeness (QED) is 0.643. The predicted octanol–water partition coefficient (Wildman–Crippen LogP) is 0.102. The average Bonchev–Trinajstić information content (AvgIpc) is 2.42. The molecule has 122 valence electrons. The zero-order chi connectivity index (χ0) is 16.0. The second-order valence-corrected chi connectivity index (χ2v) is 6.74. The number of carbonyl (C=O) groups is 2. The molecule has 0 saturated carbocycles. The molecule has 0 aromatic carbocycles. The summed E-state index contributed by atoms with van der Waals surface area (Å²) in [4.78, 5) is 22.2. The van der Waals surface area contributed by atoms with E-state index in [2.05, 4.69) is 9.46 Å². The van der Waals surface area contributed by atoms with Gasteiger partial charge in [0.2, 0.25) is 0 Å². The van der Waals surface area contributed by atoms with Crippen molar-refractivity contribution in [1.82, 2.24) is 9.03 Å². The number of nitrogens with zero attached hydrogens (tertiary/aromatic N) is 1. The standard InChI is InChI=1S/C12H22N2O6S/c1-9-5-3-4-8-14(9)21(18,19)13-10(12(16)17)6-7-11(15)20-2/h9-10,13H,3-8H2,1-2H3,(H,16,17)/t9?,10-/m1/s1. The molecular formula is C12H22N2O6S. The van der Waals surface area contributed by atoms with Crippen LogP contribution in [0.2, 0.25) is 0 Å². The smallest absolute Gasteiger partial charge is 0.321 e. The molecule has 0 radical (unpaired) electrons. The van der Waals surface area contributed by atoms with E-state index in [-0.39, 0.29) is 18.9 Å². The second kappa shape index (κ2) is 7.71. The lowest BCUT2D eigenvalue weighted by Gasteiger charge is -2.33. The number of hydrogen-bond acceptors (Lipinski definition) is 5. The summed E-state index contributed by atoms with van der Waals surface area (Å²) >= 11 is 0. The lowest BCUT2D eigenvalue weighted by molar-refractivity contribution is -0.142. The molecule has 0 aromatic rings. The van der Waals surface area contributed by atoms with Gasteiger partial charge in [0, 0.05) is 19.0 Å². The maximum absolute atomic E-state index is 12.3. The van der Waals surface area contributed by atoms with E-state index in [0.717, 1.165) is 19.3 Å². The number of rotatable bonds is 7. The number of aliphatic carboxylic acids is 1. The maximum Gasteiger partial charge on any atom is 0.321 e. The summed E-state index contributed by atoms with van der Waals surface area (Å²) in [5, 5.41) is 9.09. The molecule has 1 rings (SSSR count). The fourth-order valence-electron chi connectivity index (χ4n) is 2.27. The number of methoxy groups -OCH3 is 1. The number of esters is 1. The third-order valence-corrected chi connectivity index (χ3v) is 5.25. The van der Waals surface area contributed by atoms with E-state index in [1.165, 1.54) is 11.4 Å². The molecule has 0 amide bonds. The van der Waals surface area contributed by atoms with Gasteiger partial charge in [0.25, 0.3) is 10.2 Å². The van der Waals surface area contributed by atoms with E-state index >= 15 is 0 Å². The van der Waals surface area contributed by atoms with E-state index in [4.69, 9.17) is 5.11 Å². The molecule has 2 N–H and O–H groups in total. The SMILES string of the molecule is COC(=O)CC[C@@H](NS(=O)(=O)N1CCCCC1C)C(=O)O. The zero-order valence-electron chi connectivity index (χ0n) is 12.2. The molecule has 0 bridgehead atoms. The van der Waals surface area contributed by atoms with Gasteiger partial charge in [-0.2, -0.15) is 17.4 Å². The minimum atomic E-state index is -3.88. The van der Waals surface area contributed by atoms with E-state index < -0.39 is 28.2 Å². The fourth-order valence-corrected chi connectivity index (χ4v) is 3.94. The molecular weight excluding hydrogens is 300 g/mol. The summed E-state index contributed by atoms with van der Waals surface area (Å²) in [7, 11) is -2.69. The summed E-state index contributed by atoms with van der Waals surface area (Å²) in [5.74, 6) is -1.89. The van der Waals surface area contributed by atoms with Gasteiger partial charge in [-0.1, -0.05) is 6.42 Å². The topological polar surface area (TPSA) is 113 Å². The summed E-state index contributed by atoms with van der Waals surface area (Å²) in [6.07, 6.45) is 2.15.